The van der Waals surface area contributed by atoms with Gasteiger partial charge in [0.2, 0.25) is 12.0 Å². The molecule has 1 aromatic carbocycles. The molecule has 1 aliphatic heterocycles. The highest BCUT2D eigenvalue weighted by Gasteiger charge is 2.54. The lowest BCUT2D eigenvalue weighted by Gasteiger charge is -2.55. The highest BCUT2D eigenvalue weighted by Crippen LogP contribution is 2.60. The van der Waals surface area contributed by atoms with Crippen LogP contribution in [0.15, 0.2) is 67.3 Å². The SMILES string of the molecule is C=C(C)C(=O)NC(=O)C12CC3CC(CC(C3)C1)C2.C=C(C)C(=O)OC1(C(C)C)CCCC1.C=C(C)C(=O)OC1CCOC1=O.C=Cc1ccc(O)cc1. The second-order valence-corrected chi connectivity index (χ2v) is 15.8. The Kier molecular flexibility index (Phi) is 15.4. The number of aromatic hydroxyl groups is 1. The number of ether oxygens (including phenoxy) is 3. The molecule has 2 N–H and O–H groups in total. The molecule has 1 atom stereocenters. The van der Waals surface area contributed by atoms with E-state index in [1.165, 1.54) is 39.0 Å². The Morgan fingerprint density at radius 2 is 1.38 bits per heavy atom. The average molecular weight is 734 g/mol. The van der Waals surface area contributed by atoms with Gasteiger partial charge in [-0.2, -0.15) is 0 Å². The van der Waals surface area contributed by atoms with E-state index in [0.29, 0.717) is 35.8 Å². The molecule has 1 heterocycles. The summed E-state index contributed by atoms with van der Waals surface area (Å²) in [6.45, 7) is 23.6. The topological polar surface area (TPSA) is 145 Å². The summed E-state index contributed by atoms with van der Waals surface area (Å²) in [6.07, 6.45) is 12.7. The summed E-state index contributed by atoms with van der Waals surface area (Å²) in [6, 6.07) is 6.89. The largest absolute Gasteiger partial charge is 0.508 e. The first-order valence-electron chi connectivity index (χ1n) is 18.7. The Labute approximate surface area is 315 Å². The molecule has 1 unspecified atom stereocenters. The summed E-state index contributed by atoms with van der Waals surface area (Å²) < 4.78 is 15.0. The molecule has 6 aliphatic rings. The molecular formula is C43H59NO9. The van der Waals surface area contributed by atoms with Crippen molar-refractivity contribution in [2.45, 2.75) is 117 Å². The van der Waals surface area contributed by atoms with Gasteiger partial charge in [-0.3, -0.25) is 14.9 Å². The summed E-state index contributed by atoms with van der Waals surface area (Å²) in [5, 5.41) is 11.4. The van der Waals surface area contributed by atoms with Crippen LogP contribution in [-0.2, 0) is 38.2 Å². The molecule has 0 radical (unpaired) electrons. The molecule has 5 saturated carbocycles. The first-order valence-corrected chi connectivity index (χ1v) is 18.7. The maximum absolute atomic E-state index is 12.4. The number of nitrogens with one attached hydrogen (secondary N) is 1. The van der Waals surface area contributed by atoms with Crippen molar-refractivity contribution in [1.82, 2.24) is 5.32 Å². The number of esters is 3. The number of imide groups is 1. The summed E-state index contributed by atoms with van der Waals surface area (Å²) >= 11 is 0. The van der Waals surface area contributed by atoms with E-state index < -0.39 is 18.0 Å². The van der Waals surface area contributed by atoms with Crippen LogP contribution in [0.5, 0.6) is 5.75 Å². The Morgan fingerprint density at radius 3 is 1.77 bits per heavy atom. The van der Waals surface area contributed by atoms with E-state index in [1.54, 1.807) is 32.1 Å². The molecule has 10 nitrogen and oxygen atoms in total. The molecule has 1 saturated heterocycles. The van der Waals surface area contributed by atoms with Gasteiger partial charge >= 0.3 is 17.9 Å². The lowest BCUT2D eigenvalue weighted by atomic mass is 9.49. The van der Waals surface area contributed by atoms with Crippen LogP contribution >= 0.6 is 0 Å². The molecule has 7 rings (SSSR count). The molecule has 5 aliphatic carbocycles. The normalized spacial score (nSPS) is 25.4. The van der Waals surface area contributed by atoms with Crippen LogP contribution in [0.2, 0.25) is 0 Å². The minimum atomic E-state index is -0.728. The lowest BCUT2D eigenvalue weighted by molar-refractivity contribution is -0.159. The van der Waals surface area contributed by atoms with Crippen molar-refractivity contribution in [1.29, 1.82) is 0 Å². The third-order valence-corrected chi connectivity index (χ3v) is 10.9. The zero-order chi connectivity index (χ0) is 39.5. The molecule has 4 bridgehead atoms. The van der Waals surface area contributed by atoms with Crippen LogP contribution in [0.4, 0.5) is 0 Å². The average Bonchev–Trinajstić information content (AvgIpc) is 3.74. The second-order valence-electron chi connectivity index (χ2n) is 15.8. The number of phenols is 1. The molecule has 290 valence electrons. The van der Waals surface area contributed by atoms with E-state index in [9.17, 15) is 24.0 Å². The summed E-state index contributed by atoms with van der Waals surface area (Å²) in [7, 11) is 0. The van der Waals surface area contributed by atoms with Gasteiger partial charge < -0.3 is 19.3 Å². The molecule has 6 fully saturated rings. The fraction of sp³-hybridized carbons (Fsp3) is 0.558. The van der Waals surface area contributed by atoms with Gasteiger partial charge in [-0.15, -0.1) is 0 Å². The third-order valence-electron chi connectivity index (χ3n) is 10.9. The Hall–Kier alpha value is -4.47. The number of carbonyl (C=O) groups excluding carboxylic acids is 5. The van der Waals surface area contributed by atoms with E-state index in [-0.39, 0.29) is 34.4 Å². The Bertz CT molecular complexity index is 1510. The molecule has 1 aromatic rings. The minimum Gasteiger partial charge on any atom is -0.508 e. The van der Waals surface area contributed by atoms with Gasteiger partial charge in [-0.05, 0) is 126 Å². The standard InChI is InChI=1S/C15H21NO2.C12H20O2.C8H10O4.C8H8O/c1-9(2)13(17)16-14(18)15-6-10-3-11(7-15)5-12(4-10)8-15;1-9(2)11(13)14-12(10(3)4)7-5-6-8-12;1-5(2)7(9)12-6-3-4-11-8(6)10;1-2-7-3-5-8(9)6-4-7/h10-12H,1,3-8H2,2H3,(H,16,17,18);10H,1,5-8H2,2-4H3;6H,1,3-4H2,2H3;2-6,9H,1H2. The van der Waals surface area contributed by atoms with Crippen LogP contribution in [0.25, 0.3) is 6.08 Å². The van der Waals surface area contributed by atoms with Crippen LogP contribution in [0.1, 0.15) is 111 Å². The molecule has 53 heavy (non-hydrogen) atoms. The second kappa shape index (κ2) is 19.0. The van der Waals surface area contributed by atoms with Crippen molar-refractivity contribution in [3.8, 4) is 5.75 Å². The highest BCUT2D eigenvalue weighted by molar-refractivity contribution is 6.05. The van der Waals surface area contributed by atoms with Crippen LogP contribution < -0.4 is 5.32 Å². The maximum atomic E-state index is 12.4. The van der Waals surface area contributed by atoms with Crippen molar-refractivity contribution >= 4 is 35.8 Å². The summed E-state index contributed by atoms with van der Waals surface area (Å²) in [5.74, 6) is 1.27. The van der Waals surface area contributed by atoms with Gasteiger partial charge in [-0.1, -0.05) is 58.4 Å². The molecular weight excluding hydrogens is 674 g/mol. The fourth-order valence-corrected chi connectivity index (χ4v) is 8.20. The minimum absolute atomic E-state index is 0.0328. The third kappa shape index (κ3) is 12.0. The first kappa shape index (κ1) is 42.9. The van der Waals surface area contributed by atoms with E-state index in [2.05, 4.69) is 50.2 Å². The Morgan fingerprint density at radius 1 is 0.868 bits per heavy atom. The number of carbonyl (C=O) groups is 5. The number of rotatable bonds is 8. The predicted octanol–water partition coefficient (Wildman–Crippen LogP) is 7.95. The van der Waals surface area contributed by atoms with Crippen molar-refractivity contribution in [3.63, 3.8) is 0 Å². The molecule has 0 spiro atoms. The quantitative estimate of drug-likeness (QED) is 0.154. The molecule has 0 aromatic heterocycles. The fourth-order valence-electron chi connectivity index (χ4n) is 8.20. The van der Waals surface area contributed by atoms with E-state index in [1.807, 2.05) is 12.1 Å². The number of hydrogen-bond donors (Lipinski definition) is 2. The van der Waals surface area contributed by atoms with Crippen molar-refractivity contribution in [3.05, 3.63) is 72.9 Å². The molecule has 2 amide bonds. The van der Waals surface area contributed by atoms with Crippen LogP contribution in [0, 0.1) is 29.1 Å². The summed E-state index contributed by atoms with van der Waals surface area (Å²) in [4.78, 5) is 57.3. The monoisotopic (exact) mass is 733 g/mol. The van der Waals surface area contributed by atoms with Crippen molar-refractivity contribution in [2.24, 2.45) is 29.1 Å². The number of hydrogen-bond acceptors (Lipinski definition) is 9. The van der Waals surface area contributed by atoms with E-state index >= 15 is 0 Å². The first-order chi connectivity index (χ1) is 24.9. The van der Waals surface area contributed by atoms with Gasteiger partial charge in [0, 0.05) is 23.1 Å². The zero-order valence-corrected chi connectivity index (χ0v) is 32.3. The maximum Gasteiger partial charge on any atom is 0.347 e. The smallest absolute Gasteiger partial charge is 0.347 e. The number of phenolic OH excluding ortho intramolecular Hbond substituents is 1. The van der Waals surface area contributed by atoms with Crippen molar-refractivity contribution in [2.75, 3.05) is 6.61 Å². The predicted molar refractivity (Wildman–Crippen MR) is 204 cm³/mol. The highest BCUT2D eigenvalue weighted by atomic mass is 16.6. The Balaban J connectivity index is 0.000000196. The lowest BCUT2D eigenvalue weighted by Crippen LogP contribution is -2.54. The van der Waals surface area contributed by atoms with Gasteiger partial charge in [0.05, 0.1) is 12.0 Å². The van der Waals surface area contributed by atoms with Crippen LogP contribution in [0.3, 0.4) is 0 Å². The zero-order valence-electron chi connectivity index (χ0n) is 32.3. The van der Waals surface area contributed by atoms with Gasteiger partial charge in [0.15, 0.2) is 0 Å². The van der Waals surface area contributed by atoms with Crippen LogP contribution in [-0.4, -0.2) is 53.1 Å². The van der Waals surface area contributed by atoms with E-state index in [4.69, 9.17) is 14.6 Å². The van der Waals surface area contributed by atoms with Crippen molar-refractivity contribution < 1.29 is 43.3 Å². The van der Waals surface area contributed by atoms with Gasteiger partial charge in [0.25, 0.3) is 5.91 Å². The number of amides is 2. The van der Waals surface area contributed by atoms with E-state index in [0.717, 1.165) is 55.4 Å². The number of benzene rings is 1. The summed E-state index contributed by atoms with van der Waals surface area (Å²) in [5.41, 5.74) is 1.77. The van der Waals surface area contributed by atoms with Gasteiger partial charge in [-0.25, -0.2) is 14.4 Å². The molecule has 10 heteroatoms. The van der Waals surface area contributed by atoms with Gasteiger partial charge in [0.1, 0.15) is 11.4 Å². The number of cyclic esters (lactones) is 1.